The minimum Gasteiger partial charge on any atom is -0.508 e. The Labute approximate surface area is 204 Å². The Kier molecular flexibility index (Phi) is 5.59. The van der Waals surface area contributed by atoms with Crippen molar-refractivity contribution in [1.82, 2.24) is 0 Å². The van der Waals surface area contributed by atoms with Crippen molar-refractivity contribution in [2.75, 3.05) is 4.90 Å². The first kappa shape index (κ1) is 22.7. The molecule has 0 saturated carbocycles. The summed E-state index contributed by atoms with van der Waals surface area (Å²) in [6.45, 7) is 6.14. The summed E-state index contributed by atoms with van der Waals surface area (Å²) in [6, 6.07) is 18.3. The zero-order chi connectivity index (χ0) is 24.9. The summed E-state index contributed by atoms with van der Waals surface area (Å²) in [6.07, 6.45) is 0.743. The third-order valence-corrected chi connectivity index (χ3v) is 6.66. The molecule has 3 aromatic carbocycles. The van der Waals surface area contributed by atoms with E-state index in [1.807, 2.05) is 37.3 Å². The second-order valence-electron chi connectivity index (χ2n) is 9.46. The number of ether oxygens (including phenoxy) is 1. The van der Waals surface area contributed by atoms with Gasteiger partial charge in [0.25, 0.3) is 11.7 Å². The first-order valence-corrected chi connectivity index (χ1v) is 11.7. The molecule has 0 aliphatic carbocycles. The summed E-state index contributed by atoms with van der Waals surface area (Å²) in [7, 11) is 0. The normalized spacial score (nSPS) is 20.9. The maximum atomic E-state index is 13.3. The van der Waals surface area contributed by atoms with Gasteiger partial charge in [-0.15, -0.1) is 0 Å². The van der Waals surface area contributed by atoms with Crippen molar-refractivity contribution in [2.45, 2.75) is 45.3 Å². The molecular formula is C29H27NO5. The number of rotatable bonds is 4. The Balaban J connectivity index is 1.66. The lowest BCUT2D eigenvalue weighted by Gasteiger charge is -2.26. The van der Waals surface area contributed by atoms with Crippen LogP contribution < -0.4 is 9.64 Å². The number of hydrogen-bond donors (Lipinski definition) is 2. The summed E-state index contributed by atoms with van der Waals surface area (Å²) in [4.78, 5) is 28.1. The smallest absolute Gasteiger partial charge is 0.300 e. The maximum absolute atomic E-state index is 13.3. The van der Waals surface area contributed by atoms with Gasteiger partial charge < -0.3 is 14.9 Å². The van der Waals surface area contributed by atoms with Crippen molar-refractivity contribution in [2.24, 2.45) is 0 Å². The fraction of sp³-hybridized carbons (Fsp3) is 0.241. The first-order valence-electron chi connectivity index (χ1n) is 11.7. The van der Waals surface area contributed by atoms with Crippen LogP contribution in [-0.2, 0) is 16.0 Å². The summed E-state index contributed by atoms with van der Waals surface area (Å²) in [5.74, 6) is -0.544. The third-order valence-electron chi connectivity index (χ3n) is 6.66. The molecule has 3 aromatic rings. The number of aliphatic hydroxyl groups excluding tert-OH is 1. The van der Waals surface area contributed by atoms with Gasteiger partial charge in [0, 0.05) is 17.7 Å². The van der Waals surface area contributed by atoms with Crippen LogP contribution in [0.1, 0.15) is 55.0 Å². The molecule has 0 spiro atoms. The van der Waals surface area contributed by atoms with E-state index in [2.05, 4.69) is 13.8 Å². The van der Waals surface area contributed by atoms with E-state index in [1.54, 1.807) is 24.3 Å². The fourth-order valence-electron chi connectivity index (χ4n) is 4.82. The second kappa shape index (κ2) is 8.62. The van der Waals surface area contributed by atoms with Gasteiger partial charge in [0.1, 0.15) is 23.4 Å². The first-order chi connectivity index (χ1) is 16.7. The molecule has 2 heterocycles. The number of phenolic OH excluding ortho intramolecular Hbond substituents is 1. The highest BCUT2D eigenvalue weighted by molar-refractivity contribution is 6.51. The molecule has 1 fully saturated rings. The van der Waals surface area contributed by atoms with Crippen molar-refractivity contribution in [3.8, 4) is 11.5 Å². The Morgan fingerprint density at radius 1 is 1.00 bits per heavy atom. The number of hydrogen-bond acceptors (Lipinski definition) is 5. The molecular weight excluding hydrogens is 442 g/mol. The van der Waals surface area contributed by atoms with Gasteiger partial charge in [-0.05, 0) is 72.0 Å². The molecule has 2 unspecified atom stereocenters. The van der Waals surface area contributed by atoms with Gasteiger partial charge in [-0.3, -0.25) is 14.5 Å². The van der Waals surface area contributed by atoms with Crippen LogP contribution in [0.5, 0.6) is 11.5 Å². The van der Waals surface area contributed by atoms with Gasteiger partial charge in [0.05, 0.1) is 11.6 Å². The van der Waals surface area contributed by atoms with Gasteiger partial charge in [-0.1, -0.05) is 38.1 Å². The number of benzene rings is 3. The van der Waals surface area contributed by atoms with Crippen molar-refractivity contribution >= 4 is 23.1 Å². The molecule has 0 radical (unpaired) electrons. The topological polar surface area (TPSA) is 87.1 Å². The Morgan fingerprint density at radius 2 is 1.69 bits per heavy atom. The quantitative estimate of drug-likeness (QED) is 0.301. The highest BCUT2D eigenvalue weighted by atomic mass is 16.5. The lowest BCUT2D eigenvalue weighted by atomic mass is 9.94. The number of phenols is 1. The predicted octanol–water partition coefficient (Wildman–Crippen LogP) is 5.47. The van der Waals surface area contributed by atoms with Crippen LogP contribution in [0, 0.1) is 0 Å². The van der Waals surface area contributed by atoms with Crippen molar-refractivity contribution in [3.05, 3.63) is 94.6 Å². The minimum atomic E-state index is -0.844. The zero-order valence-electron chi connectivity index (χ0n) is 19.9. The van der Waals surface area contributed by atoms with Crippen molar-refractivity contribution < 1.29 is 24.5 Å². The zero-order valence-corrected chi connectivity index (χ0v) is 19.9. The van der Waals surface area contributed by atoms with E-state index in [1.165, 1.54) is 17.0 Å². The molecule has 0 bridgehead atoms. The number of carbonyl (C=O) groups is 2. The van der Waals surface area contributed by atoms with E-state index in [-0.39, 0.29) is 23.2 Å². The third kappa shape index (κ3) is 3.95. The molecule has 5 rings (SSSR count). The van der Waals surface area contributed by atoms with Crippen LogP contribution in [0.3, 0.4) is 0 Å². The van der Waals surface area contributed by atoms with Crippen molar-refractivity contribution in [1.29, 1.82) is 0 Å². The summed E-state index contributed by atoms with van der Waals surface area (Å²) < 4.78 is 5.76. The van der Waals surface area contributed by atoms with Gasteiger partial charge in [0.15, 0.2) is 0 Å². The van der Waals surface area contributed by atoms with E-state index < -0.39 is 17.7 Å². The Bertz CT molecular complexity index is 1340. The van der Waals surface area contributed by atoms with Crippen LogP contribution in [0.15, 0.2) is 72.3 Å². The molecule has 6 heteroatoms. The number of aliphatic hydroxyl groups is 1. The van der Waals surface area contributed by atoms with Gasteiger partial charge >= 0.3 is 0 Å². The monoisotopic (exact) mass is 469 g/mol. The number of aromatic hydroxyl groups is 1. The largest absolute Gasteiger partial charge is 0.508 e. The second-order valence-corrected chi connectivity index (χ2v) is 9.46. The van der Waals surface area contributed by atoms with Crippen LogP contribution >= 0.6 is 0 Å². The SMILES string of the molecule is CC1Cc2cc(/C(O)=C3/C(=O)C(=O)N(c4ccc(C(C)C)cc4)C3c3ccc(O)cc3)ccc2O1. The molecule has 2 aliphatic heterocycles. The van der Waals surface area contributed by atoms with E-state index >= 15 is 0 Å². The number of amides is 1. The van der Waals surface area contributed by atoms with Crippen LogP contribution in [0.25, 0.3) is 5.76 Å². The van der Waals surface area contributed by atoms with Crippen LogP contribution in [-0.4, -0.2) is 28.0 Å². The molecule has 178 valence electrons. The number of nitrogens with zero attached hydrogens (tertiary/aromatic N) is 1. The number of carbonyl (C=O) groups excluding carboxylic acids is 2. The summed E-state index contributed by atoms with van der Waals surface area (Å²) in [5.41, 5.74) is 3.70. The fourth-order valence-corrected chi connectivity index (χ4v) is 4.82. The average Bonchev–Trinajstić information content (AvgIpc) is 3.34. The Hall–Kier alpha value is -4.06. The molecule has 2 atom stereocenters. The van der Waals surface area contributed by atoms with Gasteiger partial charge in [0.2, 0.25) is 0 Å². The molecule has 0 aromatic heterocycles. The molecule has 1 amide bonds. The standard InChI is InChI=1S/C29H27NO5/c1-16(2)18-4-9-22(10-5-18)30-26(19-6-11-23(31)12-7-19)25(28(33)29(30)34)27(32)20-8-13-24-21(15-20)14-17(3)35-24/h4-13,15-17,26,31-32H,14H2,1-3H3/b27-25-. The molecule has 6 nitrogen and oxygen atoms in total. The van der Waals surface area contributed by atoms with Crippen LogP contribution in [0.2, 0.25) is 0 Å². The molecule has 2 N–H and O–H groups in total. The lowest BCUT2D eigenvalue weighted by molar-refractivity contribution is -0.132. The van der Waals surface area contributed by atoms with Gasteiger partial charge in [-0.25, -0.2) is 0 Å². The van der Waals surface area contributed by atoms with E-state index in [9.17, 15) is 19.8 Å². The van der Waals surface area contributed by atoms with Crippen molar-refractivity contribution in [3.63, 3.8) is 0 Å². The number of anilines is 1. The molecule has 35 heavy (non-hydrogen) atoms. The van der Waals surface area contributed by atoms with E-state index in [0.717, 1.165) is 16.9 Å². The average molecular weight is 470 g/mol. The van der Waals surface area contributed by atoms with E-state index in [0.29, 0.717) is 29.2 Å². The van der Waals surface area contributed by atoms with Crippen LogP contribution in [0.4, 0.5) is 5.69 Å². The molecule has 2 aliphatic rings. The van der Waals surface area contributed by atoms with E-state index in [4.69, 9.17) is 4.74 Å². The predicted molar refractivity (Wildman–Crippen MR) is 134 cm³/mol. The number of ketones is 1. The maximum Gasteiger partial charge on any atom is 0.300 e. The lowest BCUT2D eigenvalue weighted by Crippen LogP contribution is -2.29. The number of fused-ring (bicyclic) bond motifs is 1. The molecule has 1 saturated heterocycles. The van der Waals surface area contributed by atoms with Gasteiger partial charge in [-0.2, -0.15) is 0 Å². The highest BCUT2D eigenvalue weighted by Crippen LogP contribution is 2.43. The number of Topliss-reactive ketones (excluding diaryl/α,β-unsaturated/α-hetero) is 1. The highest BCUT2D eigenvalue weighted by Gasteiger charge is 2.47. The summed E-state index contributed by atoms with van der Waals surface area (Å²) in [5, 5.41) is 21.2. The Morgan fingerprint density at radius 3 is 2.34 bits per heavy atom. The minimum absolute atomic E-state index is 0.0144. The summed E-state index contributed by atoms with van der Waals surface area (Å²) >= 11 is 0.